The standard InChI is InChI=1S/C29H24O2/c1-18-22(19-12-6-3-7-13-19)28(2)23(18)26(30)24-25(27(28)31)29(24,20-14-8-4-9-15-20)21-16-10-5-11-17-21/h3-17,23-25H,1-2H3. The van der Waals surface area contributed by atoms with Crippen molar-refractivity contribution in [2.75, 3.05) is 0 Å². The molecule has 3 aliphatic carbocycles. The van der Waals surface area contributed by atoms with Crippen LogP contribution in [0.15, 0.2) is 96.6 Å². The van der Waals surface area contributed by atoms with Gasteiger partial charge in [0.1, 0.15) is 11.6 Å². The second-order valence-electron chi connectivity index (χ2n) is 9.38. The van der Waals surface area contributed by atoms with Crippen molar-refractivity contribution in [3.63, 3.8) is 0 Å². The smallest absolute Gasteiger partial charge is 0.149 e. The summed E-state index contributed by atoms with van der Waals surface area (Å²) in [5, 5.41) is 0. The summed E-state index contributed by atoms with van der Waals surface area (Å²) >= 11 is 0. The van der Waals surface area contributed by atoms with Crippen LogP contribution in [0.1, 0.15) is 30.5 Å². The molecule has 0 aromatic heterocycles. The summed E-state index contributed by atoms with van der Waals surface area (Å²) in [5.74, 6) is -0.449. The molecule has 0 bridgehead atoms. The topological polar surface area (TPSA) is 34.1 Å². The molecule has 0 N–H and O–H groups in total. The Morgan fingerprint density at radius 3 is 1.68 bits per heavy atom. The largest absolute Gasteiger partial charge is 0.299 e. The molecule has 0 radical (unpaired) electrons. The highest BCUT2D eigenvalue weighted by Gasteiger charge is 2.80. The highest BCUT2D eigenvalue weighted by Crippen LogP contribution is 2.74. The third-order valence-corrected chi connectivity index (χ3v) is 8.08. The zero-order valence-corrected chi connectivity index (χ0v) is 17.7. The lowest BCUT2D eigenvalue weighted by Crippen LogP contribution is -2.53. The third-order valence-electron chi connectivity index (χ3n) is 8.08. The molecule has 2 heteroatoms. The molecule has 0 heterocycles. The molecule has 2 nitrogen and oxygen atoms in total. The van der Waals surface area contributed by atoms with E-state index < -0.39 is 10.8 Å². The van der Waals surface area contributed by atoms with Crippen molar-refractivity contribution in [2.45, 2.75) is 19.3 Å². The average Bonchev–Trinajstić information content (AvgIpc) is 3.51. The molecular formula is C29H24O2. The summed E-state index contributed by atoms with van der Waals surface area (Å²) in [6.45, 7) is 4.04. The van der Waals surface area contributed by atoms with Crippen LogP contribution < -0.4 is 0 Å². The second-order valence-corrected chi connectivity index (χ2v) is 9.38. The van der Waals surface area contributed by atoms with Crippen molar-refractivity contribution in [3.05, 3.63) is 113 Å². The van der Waals surface area contributed by atoms with Gasteiger partial charge in [-0.2, -0.15) is 0 Å². The van der Waals surface area contributed by atoms with Crippen LogP contribution in [0, 0.1) is 23.2 Å². The Hall–Kier alpha value is -3.26. The van der Waals surface area contributed by atoms with E-state index in [4.69, 9.17) is 0 Å². The Morgan fingerprint density at radius 1 is 0.677 bits per heavy atom. The van der Waals surface area contributed by atoms with Crippen LogP contribution in [-0.2, 0) is 15.0 Å². The van der Waals surface area contributed by atoms with Crippen LogP contribution in [-0.4, -0.2) is 11.6 Å². The molecule has 0 aliphatic heterocycles. The monoisotopic (exact) mass is 404 g/mol. The first-order valence-electron chi connectivity index (χ1n) is 11.0. The summed E-state index contributed by atoms with van der Waals surface area (Å²) in [6, 6.07) is 30.4. The van der Waals surface area contributed by atoms with Crippen molar-refractivity contribution in [1.82, 2.24) is 0 Å². The SMILES string of the molecule is CC1=C(c2ccccc2)C2(C)C(=O)C3C(C(=O)C12)C3(c1ccccc1)c1ccccc1. The molecule has 3 aromatic carbocycles. The average molecular weight is 405 g/mol. The number of hydrogen-bond acceptors (Lipinski definition) is 2. The Kier molecular flexibility index (Phi) is 3.66. The minimum absolute atomic E-state index is 0.222. The number of hydrogen-bond donors (Lipinski definition) is 0. The van der Waals surface area contributed by atoms with E-state index in [-0.39, 0.29) is 29.3 Å². The van der Waals surface area contributed by atoms with Gasteiger partial charge in [-0.15, -0.1) is 0 Å². The molecule has 4 unspecified atom stereocenters. The fourth-order valence-corrected chi connectivity index (χ4v) is 6.90. The van der Waals surface area contributed by atoms with Gasteiger partial charge in [0.05, 0.1) is 11.3 Å². The van der Waals surface area contributed by atoms with E-state index in [1.807, 2.05) is 68.4 Å². The predicted molar refractivity (Wildman–Crippen MR) is 121 cm³/mol. The van der Waals surface area contributed by atoms with Gasteiger partial charge in [-0.1, -0.05) is 96.6 Å². The minimum Gasteiger partial charge on any atom is -0.299 e. The second kappa shape index (κ2) is 6.13. The first kappa shape index (κ1) is 18.5. The number of allylic oxidation sites excluding steroid dienone is 2. The number of rotatable bonds is 3. The lowest BCUT2D eigenvalue weighted by molar-refractivity contribution is -0.141. The van der Waals surface area contributed by atoms with Crippen LogP contribution in [0.25, 0.3) is 5.57 Å². The lowest BCUT2D eigenvalue weighted by Gasteiger charge is -2.50. The molecule has 31 heavy (non-hydrogen) atoms. The van der Waals surface area contributed by atoms with Crippen LogP contribution in [0.2, 0.25) is 0 Å². The minimum atomic E-state index is -0.741. The van der Waals surface area contributed by atoms with Crippen molar-refractivity contribution >= 4 is 17.1 Å². The highest BCUT2D eigenvalue weighted by molar-refractivity contribution is 6.19. The number of benzene rings is 3. The highest BCUT2D eigenvalue weighted by atomic mass is 16.1. The van der Waals surface area contributed by atoms with E-state index in [1.54, 1.807) is 0 Å². The van der Waals surface area contributed by atoms with Gasteiger partial charge in [-0.05, 0) is 36.1 Å². The fraction of sp³-hybridized carbons (Fsp3) is 0.241. The van der Waals surface area contributed by atoms with Crippen LogP contribution in [0.5, 0.6) is 0 Å². The normalized spacial score (nSPS) is 30.3. The molecule has 6 rings (SSSR count). The van der Waals surface area contributed by atoms with Gasteiger partial charge in [0, 0.05) is 17.3 Å². The summed E-state index contributed by atoms with van der Waals surface area (Å²) in [7, 11) is 0. The van der Waals surface area contributed by atoms with Gasteiger partial charge >= 0.3 is 0 Å². The number of Topliss-reactive ketones (excluding diaryl/α,β-unsaturated/α-hetero) is 2. The molecule has 3 aromatic rings. The lowest BCUT2D eigenvalue weighted by atomic mass is 9.49. The zero-order chi connectivity index (χ0) is 21.4. The maximum absolute atomic E-state index is 14.2. The van der Waals surface area contributed by atoms with E-state index in [1.165, 1.54) is 0 Å². The molecule has 0 spiro atoms. The van der Waals surface area contributed by atoms with Gasteiger partial charge in [0.25, 0.3) is 0 Å². The molecule has 2 fully saturated rings. The Morgan fingerprint density at radius 2 is 1.16 bits per heavy atom. The van der Waals surface area contributed by atoms with E-state index in [9.17, 15) is 9.59 Å². The van der Waals surface area contributed by atoms with Crippen LogP contribution in [0.4, 0.5) is 0 Å². The number of carbonyl (C=O) groups excluding carboxylic acids is 2. The first-order chi connectivity index (χ1) is 15.0. The van der Waals surface area contributed by atoms with E-state index in [0.717, 1.165) is 27.8 Å². The predicted octanol–water partition coefficient (Wildman–Crippen LogP) is 5.48. The van der Waals surface area contributed by atoms with Crippen molar-refractivity contribution in [2.24, 2.45) is 23.2 Å². The zero-order valence-electron chi connectivity index (χ0n) is 17.7. The van der Waals surface area contributed by atoms with Gasteiger partial charge in [-0.25, -0.2) is 0 Å². The Bertz CT molecular complexity index is 1200. The number of carbonyl (C=O) groups is 2. The molecular weight excluding hydrogens is 380 g/mol. The molecule has 3 aliphatic rings. The van der Waals surface area contributed by atoms with Crippen LogP contribution >= 0.6 is 0 Å². The van der Waals surface area contributed by atoms with E-state index in [2.05, 4.69) is 36.4 Å². The van der Waals surface area contributed by atoms with E-state index >= 15 is 0 Å². The summed E-state index contributed by atoms with van der Waals surface area (Å²) < 4.78 is 0. The number of fused-ring (bicyclic) bond motifs is 2. The molecule has 4 atom stereocenters. The Balaban J connectivity index is 1.54. The van der Waals surface area contributed by atoms with Gasteiger partial charge in [0.15, 0.2) is 0 Å². The van der Waals surface area contributed by atoms with Crippen molar-refractivity contribution < 1.29 is 9.59 Å². The van der Waals surface area contributed by atoms with Gasteiger partial charge in [0.2, 0.25) is 0 Å². The summed E-state index contributed by atoms with van der Waals surface area (Å²) in [4.78, 5) is 28.1. The number of ketones is 2. The van der Waals surface area contributed by atoms with Crippen LogP contribution in [0.3, 0.4) is 0 Å². The van der Waals surface area contributed by atoms with E-state index in [0.29, 0.717) is 0 Å². The Labute approximate surface area is 182 Å². The molecule has 0 amide bonds. The molecule has 152 valence electrons. The maximum atomic E-state index is 14.2. The fourth-order valence-electron chi connectivity index (χ4n) is 6.90. The summed E-state index contributed by atoms with van der Waals surface area (Å²) in [5.41, 5.74) is 4.02. The van der Waals surface area contributed by atoms with Gasteiger partial charge < -0.3 is 0 Å². The quantitative estimate of drug-likeness (QED) is 0.579. The summed E-state index contributed by atoms with van der Waals surface area (Å²) in [6.07, 6.45) is 0. The first-order valence-corrected chi connectivity index (χ1v) is 11.0. The van der Waals surface area contributed by atoms with Gasteiger partial charge in [-0.3, -0.25) is 9.59 Å². The maximum Gasteiger partial charge on any atom is 0.149 e. The molecule has 2 saturated carbocycles. The van der Waals surface area contributed by atoms with Crippen molar-refractivity contribution in [1.29, 1.82) is 0 Å². The third kappa shape index (κ3) is 2.08. The molecule has 0 saturated heterocycles. The van der Waals surface area contributed by atoms with Crippen molar-refractivity contribution in [3.8, 4) is 0 Å².